The van der Waals surface area contributed by atoms with Gasteiger partial charge in [-0.3, -0.25) is 0 Å². The number of benzene rings is 1. The SMILES string of the molecule is COC(=O)/N=C/C=C/c1ccccc1. The molecule has 0 aliphatic rings. The maximum atomic E-state index is 10.6. The van der Waals surface area contributed by atoms with E-state index in [0.29, 0.717) is 0 Å². The number of methoxy groups -OCH3 is 1. The van der Waals surface area contributed by atoms with Crippen LogP contribution in [0, 0.1) is 0 Å². The Morgan fingerprint density at radius 1 is 1.36 bits per heavy atom. The third-order valence-electron chi connectivity index (χ3n) is 1.53. The maximum Gasteiger partial charge on any atom is 0.433 e. The quantitative estimate of drug-likeness (QED) is 0.670. The molecule has 3 nitrogen and oxygen atoms in total. The Morgan fingerprint density at radius 2 is 2.07 bits per heavy atom. The highest BCUT2D eigenvalue weighted by atomic mass is 16.5. The van der Waals surface area contributed by atoms with Crippen molar-refractivity contribution in [3.05, 3.63) is 42.0 Å². The molecule has 0 atom stereocenters. The average molecular weight is 189 g/mol. The fourth-order valence-electron chi connectivity index (χ4n) is 0.875. The molecule has 0 fully saturated rings. The molecule has 1 aromatic rings. The van der Waals surface area contributed by atoms with Gasteiger partial charge >= 0.3 is 6.09 Å². The number of nitrogens with zero attached hydrogens (tertiary/aromatic N) is 1. The first-order chi connectivity index (χ1) is 6.83. The lowest BCUT2D eigenvalue weighted by Gasteiger charge is -1.88. The molecule has 1 rings (SSSR count). The second-order valence-electron chi connectivity index (χ2n) is 2.52. The van der Waals surface area contributed by atoms with Crippen LogP contribution in [-0.4, -0.2) is 19.4 Å². The van der Waals surface area contributed by atoms with Crippen LogP contribution in [0.2, 0.25) is 0 Å². The third-order valence-corrected chi connectivity index (χ3v) is 1.53. The third kappa shape index (κ3) is 3.67. The van der Waals surface area contributed by atoms with Crippen LogP contribution in [0.5, 0.6) is 0 Å². The molecule has 3 heteroatoms. The number of allylic oxidation sites excluding steroid dienone is 1. The van der Waals surface area contributed by atoms with Crippen LogP contribution in [-0.2, 0) is 4.74 Å². The lowest BCUT2D eigenvalue weighted by Crippen LogP contribution is -1.91. The summed E-state index contributed by atoms with van der Waals surface area (Å²) in [6, 6.07) is 9.75. The Hall–Kier alpha value is -1.90. The van der Waals surface area contributed by atoms with E-state index in [-0.39, 0.29) is 0 Å². The van der Waals surface area contributed by atoms with E-state index in [1.807, 2.05) is 36.4 Å². The summed E-state index contributed by atoms with van der Waals surface area (Å²) in [6.45, 7) is 0. The first-order valence-electron chi connectivity index (χ1n) is 4.16. The van der Waals surface area contributed by atoms with Crippen LogP contribution in [0.25, 0.3) is 6.08 Å². The highest BCUT2D eigenvalue weighted by Crippen LogP contribution is 1.99. The molecule has 0 spiro atoms. The maximum absolute atomic E-state index is 10.6. The largest absolute Gasteiger partial charge is 0.451 e. The number of ether oxygens (including phenoxy) is 1. The van der Waals surface area contributed by atoms with Crippen LogP contribution in [0.4, 0.5) is 4.79 Å². The van der Waals surface area contributed by atoms with E-state index in [1.165, 1.54) is 13.3 Å². The van der Waals surface area contributed by atoms with Gasteiger partial charge in [0.1, 0.15) is 0 Å². The predicted octanol–water partition coefficient (Wildman–Crippen LogP) is 2.54. The Morgan fingerprint density at radius 3 is 2.71 bits per heavy atom. The number of carbonyl (C=O) groups excluding carboxylic acids is 1. The molecule has 14 heavy (non-hydrogen) atoms. The van der Waals surface area contributed by atoms with Crippen molar-refractivity contribution in [1.29, 1.82) is 0 Å². The average Bonchev–Trinajstić information content (AvgIpc) is 2.25. The summed E-state index contributed by atoms with van der Waals surface area (Å²) >= 11 is 0. The fraction of sp³-hybridized carbons (Fsp3) is 0.0909. The van der Waals surface area contributed by atoms with E-state index in [4.69, 9.17) is 0 Å². The molecular weight excluding hydrogens is 178 g/mol. The first-order valence-corrected chi connectivity index (χ1v) is 4.16. The molecule has 1 amide bonds. The van der Waals surface area contributed by atoms with Crippen LogP contribution in [0.15, 0.2) is 41.4 Å². The lowest BCUT2D eigenvalue weighted by molar-refractivity contribution is 0.183. The van der Waals surface area contributed by atoms with Gasteiger partial charge in [-0.25, -0.2) is 4.79 Å². The van der Waals surface area contributed by atoms with E-state index in [0.717, 1.165) is 5.56 Å². The molecule has 0 heterocycles. The van der Waals surface area contributed by atoms with Crippen molar-refractivity contribution in [1.82, 2.24) is 0 Å². The zero-order valence-corrected chi connectivity index (χ0v) is 7.88. The van der Waals surface area contributed by atoms with E-state index in [1.54, 1.807) is 6.08 Å². The molecule has 0 bridgehead atoms. The van der Waals surface area contributed by atoms with E-state index >= 15 is 0 Å². The van der Waals surface area contributed by atoms with Gasteiger partial charge in [-0.15, -0.1) is 0 Å². The van der Waals surface area contributed by atoms with Gasteiger partial charge in [0.25, 0.3) is 0 Å². The fourth-order valence-corrected chi connectivity index (χ4v) is 0.875. The molecule has 0 radical (unpaired) electrons. The van der Waals surface area contributed by atoms with Crippen molar-refractivity contribution in [2.45, 2.75) is 0 Å². The minimum atomic E-state index is -0.595. The van der Waals surface area contributed by atoms with Crippen molar-refractivity contribution in [2.75, 3.05) is 7.11 Å². The van der Waals surface area contributed by atoms with E-state index < -0.39 is 6.09 Å². The van der Waals surface area contributed by atoms with Gasteiger partial charge in [0.05, 0.1) is 7.11 Å². The molecule has 0 aromatic heterocycles. The highest BCUT2D eigenvalue weighted by molar-refractivity contribution is 5.87. The topological polar surface area (TPSA) is 38.7 Å². The number of aliphatic imine (C=N–C) groups is 1. The van der Waals surface area contributed by atoms with Crippen molar-refractivity contribution >= 4 is 18.4 Å². The highest BCUT2D eigenvalue weighted by Gasteiger charge is 1.88. The summed E-state index contributed by atoms with van der Waals surface area (Å²) < 4.78 is 4.33. The van der Waals surface area contributed by atoms with Crippen molar-refractivity contribution < 1.29 is 9.53 Å². The molecule has 0 aliphatic heterocycles. The second kappa shape index (κ2) is 5.70. The number of hydrogen-bond donors (Lipinski definition) is 0. The van der Waals surface area contributed by atoms with Gasteiger partial charge in [0, 0.05) is 6.21 Å². The van der Waals surface area contributed by atoms with Crippen LogP contribution in [0.3, 0.4) is 0 Å². The second-order valence-corrected chi connectivity index (χ2v) is 2.52. The summed E-state index contributed by atoms with van der Waals surface area (Å²) in [5.74, 6) is 0. The smallest absolute Gasteiger partial charge is 0.433 e. The normalized spacial score (nSPS) is 10.9. The predicted molar refractivity (Wildman–Crippen MR) is 56.4 cm³/mol. The van der Waals surface area contributed by atoms with Gasteiger partial charge in [0.2, 0.25) is 0 Å². The number of rotatable bonds is 2. The van der Waals surface area contributed by atoms with Gasteiger partial charge in [-0.05, 0) is 11.6 Å². The van der Waals surface area contributed by atoms with Crippen molar-refractivity contribution in [3.8, 4) is 0 Å². The van der Waals surface area contributed by atoms with Crippen molar-refractivity contribution in [2.24, 2.45) is 4.99 Å². The Bertz CT molecular complexity index is 342. The van der Waals surface area contributed by atoms with Crippen molar-refractivity contribution in [3.63, 3.8) is 0 Å². The van der Waals surface area contributed by atoms with E-state index in [2.05, 4.69) is 9.73 Å². The van der Waals surface area contributed by atoms with Gasteiger partial charge in [-0.2, -0.15) is 4.99 Å². The molecule has 1 aromatic carbocycles. The molecule has 0 unspecified atom stereocenters. The zero-order valence-electron chi connectivity index (χ0n) is 7.88. The summed E-state index contributed by atoms with van der Waals surface area (Å²) in [4.78, 5) is 14.1. The van der Waals surface area contributed by atoms with Gasteiger partial charge in [0.15, 0.2) is 0 Å². The first kappa shape index (κ1) is 10.2. The number of carbonyl (C=O) groups is 1. The minimum Gasteiger partial charge on any atom is -0.451 e. The summed E-state index contributed by atoms with van der Waals surface area (Å²) in [5.41, 5.74) is 1.06. The monoisotopic (exact) mass is 189 g/mol. The standard InChI is InChI=1S/C11H11NO2/c1-14-11(13)12-9-5-8-10-6-3-2-4-7-10/h2-9H,1H3/b8-5+,12-9+. The zero-order chi connectivity index (χ0) is 10.2. The minimum absolute atomic E-state index is 0.595. The summed E-state index contributed by atoms with van der Waals surface area (Å²) in [7, 11) is 1.29. The number of hydrogen-bond acceptors (Lipinski definition) is 2. The van der Waals surface area contributed by atoms with Gasteiger partial charge < -0.3 is 4.74 Å². The van der Waals surface area contributed by atoms with E-state index in [9.17, 15) is 4.79 Å². The molecule has 72 valence electrons. The van der Waals surface area contributed by atoms with Gasteiger partial charge in [-0.1, -0.05) is 36.4 Å². The van der Waals surface area contributed by atoms with Crippen LogP contribution >= 0.6 is 0 Å². The molecule has 0 saturated heterocycles. The number of amides is 1. The molecule has 0 saturated carbocycles. The summed E-state index contributed by atoms with van der Waals surface area (Å²) in [5, 5.41) is 0. The Kier molecular flexibility index (Phi) is 4.14. The Labute approximate surface area is 82.7 Å². The van der Waals surface area contributed by atoms with Crippen LogP contribution < -0.4 is 0 Å². The lowest BCUT2D eigenvalue weighted by atomic mass is 10.2. The molecular formula is C11H11NO2. The summed E-state index contributed by atoms with van der Waals surface area (Å²) in [6.07, 6.45) is 4.35. The van der Waals surface area contributed by atoms with Crippen LogP contribution in [0.1, 0.15) is 5.56 Å². The molecule has 0 aliphatic carbocycles. The Balaban J connectivity index is 2.50. The molecule has 0 N–H and O–H groups in total.